The van der Waals surface area contributed by atoms with Crippen LogP contribution in [0, 0.1) is 22.9 Å². The number of halogens is 1. The fourth-order valence-corrected chi connectivity index (χ4v) is 2.25. The van der Waals surface area contributed by atoms with E-state index in [0.29, 0.717) is 0 Å². The third-order valence-electron chi connectivity index (χ3n) is 2.47. The maximum absolute atomic E-state index is 13.2. The van der Waals surface area contributed by atoms with Gasteiger partial charge >= 0.3 is 5.69 Å². The highest BCUT2D eigenvalue weighted by molar-refractivity contribution is 7.09. The lowest BCUT2D eigenvalue weighted by atomic mass is 10.2. The normalized spacial score (nSPS) is 10.3. The summed E-state index contributed by atoms with van der Waals surface area (Å²) in [6.07, 6.45) is 0. The SMILES string of the molecule is Cc1csc(CNC(=O)c2ccc(F)c([N+](=O)[O-])c2)n1. The van der Waals surface area contributed by atoms with Crippen LogP contribution in [0.2, 0.25) is 0 Å². The maximum Gasteiger partial charge on any atom is 0.305 e. The summed E-state index contributed by atoms with van der Waals surface area (Å²) in [5.41, 5.74) is 0.172. The number of carbonyl (C=O) groups is 1. The number of benzene rings is 1. The van der Waals surface area contributed by atoms with Crippen molar-refractivity contribution in [1.29, 1.82) is 0 Å². The second kappa shape index (κ2) is 5.74. The molecule has 8 heteroatoms. The molecule has 0 radical (unpaired) electrons. The van der Waals surface area contributed by atoms with Crippen molar-refractivity contribution in [3.63, 3.8) is 0 Å². The minimum Gasteiger partial charge on any atom is -0.346 e. The molecule has 2 aromatic rings. The Bertz CT molecular complexity index is 672. The third kappa shape index (κ3) is 3.15. The van der Waals surface area contributed by atoms with Crippen LogP contribution < -0.4 is 5.32 Å². The van der Waals surface area contributed by atoms with Crippen molar-refractivity contribution in [3.05, 3.63) is 55.8 Å². The first-order valence-corrected chi connectivity index (χ1v) is 6.48. The number of rotatable bonds is 4. The molecule has 0 spiro atoms. The van der Waals surface area contributed by atoms with Crippen molar-refractivity contribution < 1.29 is 14.1 Å². The molecule has 6 nitrogen and oxygen atoms in total. The lowest BCUT2D eigenvalue weighted by Crippen LogP contribution is -2.22. The molecule has 0 unspecified atom stereocenters. The number of amides is 1. The minimum absolute atomic E-state index is 0.0337. The van der Waals surface area contributed by atoms with Crippen molar-refractivity contribution in [2.75, 3.05) is 0 Å². The highest BCUT2D eigenvalue weighted by atomic mass is 32.1. The lowest BCUT2D eigenvalue weighted by molar-refractivity contribution is -0.387. The maximum atomic E-state index is 13.2. The van der Waals surface area contributed by atoms with Gasteiger partial charge in [-0.1, -0.05) is 0 Å². The molecule has 1 N–H and O–H groups in total. The van der Waals surface area contributed by atoms with Gasteiger partial charge in [-0.3, -0.25) is 14.9 Å². The summed E-state index contributed by atoms with van der Waals surface area (Å²) in [6.45, 7) is 2.06. The molecule has 0 aliphatic carbocycles. The van der Waals surface area contributed by atoms with Gasteiger partial charge < -0.3 is 5.32 Å². The van der Waals surface area contributed by atoms with E-state index in [2.05, 4.69) is 10.3 Å². The Hall–Kier alpha value is -2.35. The van der Waals surface area contributed by atoms with E-state index < -0.39 is 22.3 Å². The van der Waals surface area contributed by atoms with Crippen LogP contribution in [0.3, 0.4) is 0 Å². The molecule has 1 aromatic heterocycles. The summed E-state index contributed by atoms with van der Waals surface area (Å²) in [6, 6.07) is 3.02. The molecule has 0 bridgehead atoms. The van der Waals surface area contributed by atoms with Crippen LogP contribution in [0.4, 0.5) is 10.1 Å². The Labute approximate surface area is 117 Å². The fourth-order valence-electron chi connectivity index (χ4n) is 1.54. The van der Waals surface area contributed by atoms with Crippen molar-refractivity contribution in [3.8, 4) is 0 Å². The Kier molecular flexibility index (Phi) is 4.04. The van der Waals surface area contributed by atoms with Gasteiger partial charge in [-0.05, 0) is 19.1 Å². The highest BCUT2D eigenvalue weighted by Gasteiger charge is 2.17. The van der Waals surface area contributed by atoms with Crippen LogP contribution >= 0.6 is 11.3 Å². The molecule has 0 saturated heterocycles. The van der Waals surface area contributed by atoms with Crippen LogP contribution in [0.1, 0.15) is 21.1 Å². The summed E-state index contributed by atoms with van der Waals surface area (Å²) >= 11 is 1.40. The number of hydrogen-bond acceptors (Lipinski definition) is 5. The minimum atomic E-state index is -0.970. The molecule has 1 heterocycles. The van der Waals surface area contributed by atoms with Crippen LogP contribution in [0.25, 0.3) is 0 Å². The number of aromatic nitrogens is 1. The molecule has 0 aliphatic rings. The molecule has 104 valence electrons. The van der Waals surface area contributed by atoms with Gasteiger partial charge in [0.15, 0.2) is 0 Å². The van der Waals surface area contributed by atoms with Gasteiger partial charge in [0.1, 0.15) is 5.01 Å². The predicted octanol–water partition coefficient (Wildman–Crippen LogP) is 2.43. The molecule has 0 aliphatic heterocycles. The first-order valence-electron chi connectivity index (χ1n) is 5.60. The van der Waals surface area contributed by atoms with E-state index in [1.54, 1.807) is 0 Å². The van der Waals surface area contributed by atoms with Gasteiger partial charge in [0.25, 0.3) is 5.91 Å². The van der Waals surface area contributed by atoms with E-state index in [4.69, 9.17) is 0 Å². The van der Waals surface area contributed by atoms with Crippen LogP contribution in [0.5, 0.6) is 0 Å². The van der Waals surface area contributed by atoms with E-state index >= 15 is 0 Å². The number of nitro benzene ring substituents is 1. The average molecular weight is 295 g/mol. The molecule has 2 rings (SSSR count). The van der Waals surface area contributed by atoms with Crippen LogP contribution in [-0.2, 0) is 6.54 Å². The number of nitro groups is 1. The molecule has 0 fully saturated rings. The van der Waals surface area contributed by atoms with E-state index in [9.17, 15) is 19.3 Å². The van der Waals surface area contributed by atoms with E-state index in [1.807, 2.05) is 12.3 Å². The van der Waals surface area contributed by atoms with Crippen LogP contribution in [0.15, 0.2) is 23.6 Å². The zero-order valence-electron chi connectivity index (χ0n) is 10.4. The first kappa shape index (κ1) is 14.1. The summed E-state index contributed by atoms with van der Waals surface area (Å²) in [7, 11) is 0. The predicted molar refractivity (Wildman–Crippen MR) is 71.1 cm³/mol. The largest absolute Gasteiger partial charge is 0.346 e. The zero-order chi connectivity index (χ0) is 14.7. The second-order valence-electron chi connectivity index (χ2n) is 3.99. The smallest absolute Gasteiger partial charge is 0.305 e. The van der Waals surface area contributed by atoms with Crippen molar-refractivity contribution in [2.45, 2.75) is 13.5 Å². The van der Waals surface area contributed by atoms with E-state index in [1.165, 1.54) is 17.4 Å². The molecule has 1 aromatic carbocycles. The quantitative estimate of drug-likeness (QED) is 0.693. The Balaban J connectivity index is 2.09. The topological polar surface area (TPSA) is 85.1 Å². The number of hydrogen-bond donors (Lipinski definition) is 1. The molecule has 1 amide bonds. The molecule has 20 heavy (non-hydrogen) atoms. The average Bonchev–Trinajstić information content (AvgIpc) is 2.82. The summed E-state index contributed by atoms with van der Waals surface area (Å²) in [5, 5.41) is 15.8. The number of nitrogens with one attached hydrogen (secondary N) is 1. The standard InChI is InChI=1S/C12H10FN3O3S/c1-7-6-20-11(15-7)5-14-12(17)8-2-3-9(13)10(4-8)16(18)19/h2-4,6H,5H2,1H3,(H,14,17). The van der Waals surface area contributed by atoms with Gasteiger partial charge in [0, 0.05) is 22.7 Å². The number of carbonyl (C=O) groups excluding carboxylic acids is 1. The van der Waals surface area contributed by atoms with Gasteiger partial charge in [0.05, 0.1) is 11.5 Å². The zero-order valence-corrected chi connectivity index (χ0v) is 11.2. The van der Waals surface area contributed by atoms with Crippen LogP contribution in [-0.4, -0.2) is 15.8 Å². The second-order valence-corrected chi connectivity index (χ2v) is 4.93. The van der Waals surface area contributed by atoms with Crippen molar-refractivity contribution in [2.24, 2.45) is 0 Å². The number of aryl methyl sites for hydroxylation is 1. The lowest BCUT2D eigenvalue weighted by Gasteiger charge is -2.03. The van der Waals surface area contributed by atoms with Gasteiger partial charge in [-0.25, -0.2) is 4.98 Å². The number of thiazole rings is 1. The monoisotopic (exact) mass is 295 g/mol. The summed E-state index contributed by atoms with van der Waals surface area (Å²) in [4.78, 5) is 25.7. The fraction of sp³-hybridized carbons (Fsp3) is 0.167. The van der Waals surface area contributed by atoms with Crippen molar-refractivity contribution >= 4 is 22.9 Å². The molecular formula is C12H10FN3O3S. The van der Waals surface area contributed by atoms with E-state index in [0.717, 1.165) is 22.8 Å². The molecule has 0 saturated carbocycles. The Morgan fingerprint density at radius 2 is 2.30 bits per heavy atom. The highest BCUT2D eigenvalue weighted by Crippen LogP contribution is 2.18. The van der Waals surface area contributed by atoms with E-state index in [-0.39, 0.29) is 12.1 Å². The third-order valence-corrected chi connectivity index (χ3v) is 3.44. The Morgan fingerprint density at radius 1 is 1.55 bits per heavy atom. The van der Waals surface area contributed by atoms with Crippen molar-refractivity contribution in [1.82, 2.24) is 10.3 Å². The van der Waals surface area contributed by atoms with Gasteiger partial charge in [-0.2, -0.15) is 4.39 Å². The first-order chi connectivity index (χ1) is 9.47. The van der Waals surface area contributed by atoms with Gasteiger partial charge in [0.2, 0.25) is 5.82 Å². The summed E-state index contributed by atoms with van der Waals surface area (Å²) < 4.78 is 13.2. The molecule has 0 atom stereocenters. The molecular weight excluding hydrogens is 285 g/mol. The Morgan fingerprint density at radius 3 is 2.90 bits per heavy atom. The van der Waals surface area contributed by atoms with Gasteiger partial charge in [-0.15, -0.1) is 11.3 Å². The number of nitrogens with zero attached hydrogens (tertiary/aromatic N) is 2. The summed E-state index contributed by atoms with van der Waals surface area (Å²) in [5.74, 6) is -1.48.